The first-order valence-electron chi connectivity index (χ1n) is 7.89. The van der Waals surface area contributed by atoms with Gasteiger partial charge in [-0.2, -0.15) is 0 Å². The highest BCUT2D eigenvalue weighted by Crippen LogP contribution is 2.19. The molecule has 6 nitrogen and oxygen atoms in total. The summed E-state index contributed by atoms with van der Waals surface area (Å²) in [6.45, 7) is 4.91. The Morgan fingerprint density at radius 1 is 1.26 bits per heavy atom. The van der Waals surface area contributed by atoms with Gasteiger partial charge in [0, 0.05) is 19.6 Å². The molecule has 1 aromatic carbocycles. The van der Waals surface area contributed by atoms with Gasteiger partial charge in [0.25, 0.3) is 0 Å². The zero-order valence-corrected chi connectivity index (χ0v) is 14.4. The fourth-order valence-corrected chi connectivity index (χ4v) is 3.18. The lowest BCUT2D eigenvalue weighted by atomic mass is 9.97. The molecule has 1 aromatic rings. The summed E-state index contributed by atoms with van der Waals surface area (Å²) >= 11 is 0. The van der Waals surface area contributed by atoms with Gasteiger partial charge in [0.1, 0.15) is 5.75 Å². The molecule has 1 N–H and O–H groups in total. The zero-order chi connectivity index (χ0) is 16.9. The van der Waals surface area contributed by atoms with Gasteiger partial charge < -0.3 is 9.64 Å². The molecule has 1 aliphatic rings. The monoisotopic (exact) mass is 340 g/mol. The minimum absolute atomic E-state index is 0.254. The Labute approximate surface area is 137 Å². The Balaban J connectivity index is 1.76. The van der Waals surface area contributed by atoms with Crippen molar-refractivity contribution in [2.45, 2.75) is 31.9 Å². The summed E-state index contributed by atoms with van der Waals surface area (Å²) in [5, 5.41) is -0.427. The average Bonchev–Trinajstić information content (AvgIpc) is 2.54. The number of para-hydroxylation sites is 1. The molecular formula is C16H24N2O4S. The van der Waals surface area contributed by atoms with Crippen molar-refractivity contribution in [3.63, 3.8) is 0 Å². The van der Waals surface area contributed by atoms with E-state index in [9.17, 15) is 13.2 Å². The van der Waals surface area contributed by atoms with Gasteiger partial charge >= 0.3 is 6.09 Å². The van der Waals surface area contributed by atoms with E-state index in [1.165, 1.54) is 0 Å². The molecule has 7 heteroatoms. The van der Waals surface area contributed by atoms with Crippen LogP contribution >= 0.6 is 0 Å². The molecule has 0 atom stereocenters. The number of hydrogen-bond acceptors (Lipinski definition) is 4. The molecule has 0 unspecified atom stereocenters. The van der Waals surface area contributed by atoms with Crippen LogP contribution in [0.25, 0.3) is 0 Å². The standard InChI is InChI=1S/C16H24N2O4S/c1-13(2)23(20,21)17-12-14-8-10-18(11-9-14)16(19)22-15-6-4-3-5-7-15/h3-7,13-14,17H,8-12H2,1-2H3. The van der Waals surface area contributed by atoms with E-state index in [0.717, 1.165) is 12.8 Å². The van der Waals surface area contributed by atoms with Crippen LogP contribution in [-0.4, -0.2) is 44.3 Å². The van der Waals surface area contributed by atoms with Crippen LogP contribution in [0.1, 0.15) is 26.7 Å². The topological polar surface area (TPSA) is 75.7 Å². The number of piperidine rings is 1. The molecule has 0 saturated carbocycles. The van der Waals surface area contributed by atoms with Crippen LogP contribution in [0.5, 0.6) is 5.75 Å². The van der Waals surface area contributed by atoms with Crippen LogP contribution in [0.3, 0.4) is 0 Å². The lowest BCUT2D eigenvalue weighted by Crippen LogP contribution is -2.43. The summed E-state index contributed by atoms with van der Waals surface area (Å²) in [5.41, 5.74) is 0. The molecule has 0 spiro atoms. The van der Waals surface area contributed by atoms with Crippen molar-refractivity contribution in [3.8, 4) is 5.75 Å². The van der Waals surface area contributed by atoms with Crippen LogP contribution in [0.4, 0.5) is 4.79 Å². The van der Waals surface area contributed by atoms with Gasteiger partial charge in [0.05, 0.1) is 5.25 Å². The Morgan fingerprint density at radius 2 is 1.87 bits per heavy atom. The van der Waals surface area contributed by atoms with Crippen LogP contribution in [0, 0.1) is 5.92 Å². The lowest BCUT2D eigenvalue weighted by molar-refractivity contribution is 0.131. The van der Waals surface area contributed by atoms with Crippen LogP contribution < -0.4 is 9.46 Å². The van der Waals surface area contributed by atoms with Crippen LogP contribution in [-0.2, 0) is 10.0 Å². The summed E-state index contributed by atoms with van der Waals surface area (Å²) < 4.78 is 31.5. The van der Waals surface area contributed by atoms with Gasteiger partial charge in [-0.25, -0.2) is 17.9 Å². The number of nitrogens with one attached hydrogen (secondary N) is 1. The number of benzene rings is 1. The highest BCUT2D eigenvalue weighted by molar-refractivity contribution is 7.90. The second kappa shape index (κ2) is 7.79. The number of carbonyl (C=O) groups is 1. The van der Waals surface area contributed by atoms with E-state index in [2.05, 4.69) is 4.72 Å². The largest absolute Gasteiger partial charge is 0.415 e. The molecule has 1 fully saturated rings. The van der Waals surface area contributed by atoms with Crippen molar-refractivity contribution >= 4 is 16.1 Å². The SMILES string of the molecule is CC(C)S(=O)(=O)NCC1CCN(C(=O)Oc2ccccc2)CC1. The predicted octanol–water partition coefficient (Wildman–Crippen LogP) is 2.23. The molecule has 0 bridgehead atoms. The molecule has 2 rings (SSSR count). The molecule has 1 aliphatic heterocycles. The summed E-state index contributed by atoms with van der Waals surface area (Å²) in [4.78, 5) is 13.7. The maximum Gasteiger partial charge on any atom is 0.415 e. The van der Waals surface area contributed by atoms with E-state index < -0.39 is 15.3 Å². The van der Waals surface area contributed by atoms with Gasteiger partial charge in [-0.1, -0.05) is 18.2 Å². The van der Waals surface area contributed by atoms with Crippen LogP contribution in [0.2, 0.25) is 0 Å². The third kappa shape index (κ3) is 5.21. The van der Waals surface area contributed by atoms with E-state index in [0.29, 0.717) is 25.4 Å². The van der Waals surface area contributed by atoms with Crippen molar-refractivity contribution in [1.29, 1.82) is 0 Å². The molecule has 1 saturated heterocycles. The van der Waals surface area contributed by atoms with E-state index >= 15 is 0 Å². The first-order chi connectivity index (χ1) is 10.9. The predicted molar refractivity (Wildman–Crippen MR) is 88.8 cm³/mol. The number of likely N-dealkylation sites (tertiary alicyclic amines) is 1. The van der Waals surface area contributed by atoms with Crippen molar-refractivity contribution in [2.24, 2.45) is 5.92 Å². The second-order valence-corrected chi connectivity index (χ2v) is 8.38. The minimum atomic E-state index is -3.22. The normalized spacial score (nSPS) is 16.6. The maximum absolute atomic E-state index is 12.1. The van der Waals surface area contributed by atoms with Gasteiger partial charge in [0.15, 0.2) is 0 Å². The molecular weight excluding hydrogens is 316 g/mol. The Morgan fingerprint density at radius 3 is 2.43 bits per heavy atom. The smallest absolute Gasteiger partial charge is 0.410 e. The van der Waals surface area contributed by atoms with Crippen molar-refractivity contribution in [2.75, 3.05) is 19.6 Å². The summed E-state index contributed by atoms with van der Waals surface area (Å²) in [7, 11) is -3.22. The van der Waals surface area contributed by atoms with Crippen molar-refractivity contribution in [3.05, 3.63) is 30.3 Å². The third-order valence-electron chi connectivity index (χ3n) is 4.01. The number of sulfonamides is 1. The Kier molecular flexibility index (Phi) is 6.01. The quantitative estimate of drug-likeness (QED) is 0.892. The number of rotatable bonds is 5. The Bertz CT molecular complexity index is 608. The second-order valence-electron chi connectivity index (χ2n) is 6.05. The van der Waals surface area contributed by atoms with Gasteiger partial charge in [0.2, 0.25) is 10.0 Å². The Hall–Kier alpha value is -1.60. The number of carbonyl (C=O) groups excluding carboxylic acids is 1. The van der Waals surface area contributed by atoms with E-state index in [1.807, 2.05) is 18.2 Å². The van der Waals surface area contributed by atoms with Crippen molar-refractivity contribution in [1.82, 2.24) is 9.62 Å². The van der Waals surface area contributed by atoms with E-state index in [1.54, 1.807) is 30.9 Å². The molecule has 1 amide bonds. The maximum atomic E-state index is 12.1. The summed E-state index contributed by atoms with van der Waals surface area (Å²) in [6.07, 6.45) is 1.19. The van der Waals surface area contributed by atoms with Gasteiger partial charge in [-0.05, 0) is 44.7 Å². The molecule has 0 radical (unpaired) electrons. The third-order valence-corrected chi connectivity index (χ3v) is 5.83. The number of hydrogen-bond donors (Lipinski definition) is 1. The highest BCUT2D eigenvalue weighted by Gasteiger charge is 2.25. The highest BCUT2D eigenvalue weighted by atomic mass is 32.2. The van der Waals surface area contributed by atoms with Gasteiger partial charge in [-0.3, -0.25) is 0 Å². The first kappa shape index (κ1) is 17.7. The van der Waals surface area contributed by atoms with E-state index in [-0.39, 0.29) is 12.0 Å². The summed E-state index contributed by atoms with van der Waals surface area (Å²) in [6, 6.07) is 8.98. The first-order valence-corrected chi connectivity index (χ1v) is 9.43. The molecule has 0 aliphatic carbocycles. The van der Waals surface area contributed by atoms with Crippen molar-refractivity contribution < 1.29 is 17.9 Å². The number of amides is 1. The van der Waals surface area contributed by atoms with Crippen LogP contribution in [0.15, 0.2) is 30.3 Å². The molecule has 23 heavy (non-hydrogen) atoms. The molecule has 128 valence electrons. The van der Waals surface area contributed by atoms with E-state index in [4.69, 9.17) is 4.74 Å². The number of nitrogens with zero attached hydrogens (tertiary/aromatic N) is 1. The fraction of sp³-hybridized carbons (Fsp3) is 0.562. The minimum Gasteiger partial charge on any atom is -0.410 e. The molecule has 1 heterocycles. The zero-order valence-electron chi connectivity index (χ0n) is 13.6. The summed E-state index contributed by atoms with van der Waals surface area (Å²) in [5.74, 6) is 0.786. The lowest BCUT2D eigenvalue weighted by Gasteiger charge is -2.31. The average molecular weight is 340 g/mol. The molecule has 0 aromatic heterocycles. The van der Waals surface area contributed by atoms with Gasteiger partial charge in [-0.15, -0.1) is 0 Å². The fourth-order valence-electron chi connectivity index (χ4n) is 2.37. The number of ether oxygens (including phenoxy) is 1.